The van der Waals surface area contributed by atoms with Gasteiger partial charge in [-0.25, -0.2) is 4.79 Å². The minimum absolute atomic E-state index is 0.0732. The van der Waals surface area contributed by atoms with Gasteiger partial charge in [-0.1, -0.05) is 13.0 Å². The van der Waals surface area contributed by atoms with Crippen molar-refractivity contribution in [2.75, 3.05) is 30.0 Å². The van der Waals surface area contributed by atoms with Gasteiger partial charge in [0.1, 0.15) is 0 Å². The summed E-state index contributed by atoms with van der Waals surface area (Å²) in [4.78, 5) is 60.4. The Bertz CT molecular complexity index is 1100. The first-order valence-corrected chi connectivity index (χ1v) is 10.6. The third-order valence-electron chi connectivity index (χ3n) is 5.00. The maximum atomic E-state index is 12.4. The van der Waals surface area contributed by atoms with Crippen LogP contribution in [0.1, 0.15) is 30.1 Å². The Labute approximate surface area is 194 Å². The summed E-state index contributed by atoms with van der Waals surface area (Å²) in [6.45, 7) is 1.68. The number of rotatable bonds is 9. The zero-order chi connectivity index (χ0) is 24.7. The summed E-state index contributed by atoms with van der Waals surface area (Å²) in [5.74, 6) is -2.87. The van der Waals surface area contributed by atoms with Crippen LogP contribution in [0, 0.1) is 16.0 Å². The van der Waals surface area contributed by atoms with Gasteiger partial charge in [0.15, 0.2) is 6.61 Å². The van der Waals surface area contributed by atoms with Crippen molar-refractivity contribution in [1.82, 2.24) is 0 Å². The van der Waals surface area contributed by atoms with Crippen molar-refractivity contribution in [2.45, 2.75) is 19.8 Å². The third kappa shape index (κ3) is 6.15. The second-order valence-corrected chi connectivity index (χ2v) is 7.55. The number of hydrogen-bond donors (Lipinski definition) is 1. The highest BCUT2D eigenvalue weighted by atomic mass is 16.6. The van der Waals surface area contributed by atoms with E-state index >= 15 is 0 Å². The van der Waals surface area contributed by atoms with Gasteiger partial charge in [-0.2, -0.15) is 0 Å². The van der Waals surface area contributed by atoms with E-state index in [1.807, 2.05) is 6.92 Å². The molecule has 2 aromatic rings. The number of nitrogens with one attached hydrogen (secondary N) is 1. The largest absolute Gasteiger partial charge is 0.462 e. The standard InChI is InChI=1S/C23H23N3O8/c1-2-10-33-22(29)15-6-8-18(9-7-15)25-13-16(11-21(25)28)23(30)34-14-20(27)24-17-4-3-5-19(12-17)26(31)32/h3-9,12,16H,2,10-11,13-14H2,1H3,(H,24,27)/t16-/m0/s1. The molecule has 1 heterocycles. The molecular formula is C23H23N3O8. The van der Waals surface area contributed by atoms with E-state index in [0.29, 0.717) is 24.3 Å². The highest BCUT2D eigenvalue weighted by Gasteiger charge is 2.36. The monoisotopic (exact) mass is 469 g/mol. The summed E-state index contributed by atoms with van der Waals surface area (Å²) in [5, 5.41) is 13.2. The Balaban J connectivity index is 1.51. The molecular weight excluding hydrogens is 446 g/mol. The maximum Gasteiger partial charge on any atom is 0.338 e. The van der Waals surface area contributed by atoms with Crippen LogP contribution < -0.4 is 10.2 Å². The van der Waals surface area contributed by atoms with Gasteiger partial charge in [0.2, 0.25) is 5.91 Å². The third-order valence-corrected chi connectivity index (χ3v) is 5.00. The number of amides is 2. The summed E-state index contributed by atoms with van der Waals surface area (Å²) in [6.07, 6.45) is 0.631. The van der Waals surface area contributed by atoms with Gasteiger partial charge in [0.05, 0.1) is 23.0 Å². The molecule has 1 saturated heterocycles. The zero-order valence-electron chi connectivity index (χ0n) is 18.4. The molecule has 11 heteroatoms. The van der Waals surface area contributed by atoms with Crippen LogP contribution >= 0.6 is 0 Å². The van der Waals surface area contributed by atoms with Gasteiger partial charge in [-0.15, -0.1) is 0 Å². The van der Waals surface area contributed by atoms with E-state index in [1.54, 1.807) is 24.3 Å². The minimum Gasteiger partial charge on any atom is -0.462 e. The molecule has 1 aliphatic rings. The molecule has 1 fully saturated rings. The molecule has 2 aromatic carbocycles. The summed E-state index contributed by atoms with van der Waals surface area (Å²) in [5.41, 5.74) is 0.884. The first-order valence-electron chi connectivity index (χ1n) is 10.6. The van der Waals surface area contributed by atoms with Gasteiger partial charge in [-0.05, 0) is 36.8 Å². The number of anilines is 2. The highest BCUT2D eigenvalue weighted by Crippen LogP contribution is 2.26. The number of ether oxygens (including phenoxy) is 2. The summed E-state index contributed by atoms with van der Waals surface area (Å²) < 4.78 is 10.1. The average Bonchev–Trinajstić information content (AvgIpc) is 3.22. The first kappa shape index (κ1) is 24.4. The molecule has 3 rings (SSSR count). The van der Waals surface area contributed by atoms with Crippen molar-refractivity contribution in [1.29, 1.82) is 0 Å². The second-order valence-electron chi connectivity index (χ2n) is 7.55. The lowest BCUT2D eigenvalue weighted by atomic mass is 10.1. The molecule has 1 atom stereocenters. The number of nitro benzene ring substituents is 1. The van der Waals surface area contributed by atoms with Crippen molar-refractivity contribution in [3.8, 4) is 0 Å². The summed E-state index contributed by atoms with van der Waals surface area (Å²) in [7, 11) is 0. The van der Waals surface area contributed by atoms with Crippen LogP contribution in [0.3, 0.4) is 0 Å². The molecule has 34 heavy (non-hydrogen) atoms. The Kier molecular flexibility index (Phi) is 7.91. The van der Waals surface area contributed by atoms with Crippen LogP contribution in [0.5, 0.6) is 0 Å². The minimum atomic E-state index is -0.757. The van der Waals surface area contributed by atoms with Gasteiger partial charge < -0.3 is 19.7 Å². The zero-order valence-corrected chi connectivity index (χ0v) is 18.4. The number of carbonyl (C=O) groups is 4. The van der Waals surface area contributed by atoms with Crippen molar-refractivity contribution < 1.29 is 33.6 Å². The molecule has 0 saturated carbocycles. The van der Waals surface area contributed by atoms with Crippen LogP contribution in [0.2, 0.25) is 0 Å². The topological polar surface area (TPSA) is 145 Å². The van der Waals surface area contributed by atoms with Crippen molar-refractivity contribution in [3.63, 3.8) is 0 Å². The van der Waals surface area contributed by atoms with E-state index in [-0.39, 0.29) is 30.2 Å². The number of nitro groups is 1. The number of hydrogen-bond acceptors (Lipinski definition) is 8. The number of nitrogens with zero attached hydrogens (tertiary/aromatic N) is 2. The lowest BCUT2D eigenvalue weighted by Crippen LogP contribution is -2.28. The fourth-order valence-electron chi connectivity index (χ4n) is 3.32. The lowest BCUT2D eigenvalue weighted by molar-refractivity contribution is -0.384. The number of carbonyl (C=O) groups excluding carboxylic acids is 4. The number of esters is 2. The molecule has 0 aliphatic carbocycles. The van der Waals surface area contributed by atoms with E-state index in [0.717, 1.165) is 0 Å². The average molecular weight is 469 g/mol. The van der Waals surface area contributed by atoms with E-state index < -0.39 is 35.3 Å². The predicted octanol–water partition coefficient (Wildman–Crippen LogP) is 2.70. The van der Waals surface area contributed by atoms with Crippen molar-refractivity contribution >= 4 is 40.8 Å². The highest BCUT2D eigenvalue weighted by molar-refractivity contribution is 6.00. The summed E-state index contributed by atoms with van der Waals surface area (Å²) >= 11 is 0. The van der Waals surface area contributed by atoms with E-state index in [1.165, 1.54) is 29.2 Å². The number of benzene rings is 2. The van der Waals surface area contributed by atoms with E-state index in [9.17, 15) is 29.3 Å². The molecule has 0 unspecified atom stereocenters. The van der Waals surface area contributed by atoms with Crippen molar-refractivity contribution in [2.24, 2.45) is 5.92 Å². The number of non-ortho nitro benzene ring substituents is 1. The molecule has 0 bridgehead atoms. The molecule has 0 aromatic heterocycles. The quantitative estimate of drug-likeness (QED) is 0.335. The molecule has 1 aliphatic heterocycles. The Hall–Kier alpha value is -4.28. The Morgan fingerprint density at radius 1 is 1.15 bits per heavy atom. The Morgan fingerprint density at radius 3 is 2.56 bits per heavy atom. The molecule has 0 spiro atoms. The normalized spacial score (nSPS) is 15.0. The van der Waals surface area contributed by atoms with Crippen molar-refractivity contribution in [3.05, 3.63) is 64.2 Å². The SMILES string of the molecule is CCCOC(=O)c1ccc(N2C[C@@H](C(=O)OCC(=O)Nc3cccc([N+](=O)[O-])c3)CC2=O)cc1. The Morgan fingerprint density at radius 2 is 1.88 bits per heavy atom. The van der Waals surface area contributed by atoms with Crippen LogP contribution in [0.25, 0.3) is 0 Å². The van der Waals surface area contributed by atoms with Crippen LogP contribution in [0.4, 0.5) is 17.1 Å². The summed E-state index contributed by atoms with van der Waals surface area (Å²) in [6, 6.07) is 11.6. The fraction of sp³-hybridized carbons (Fsp3) is 0.304. The predicted molar refractivity (Wildman–Crippen MR) is 120 cm³/mol. The molecule has 178 valence electrons. The lowest BCUT2D eigenvalue weighted by Gasteiger charge is -2.17. The molecule has 0 radical (unpaired) electrons. The smallest absolute Gasteiger partial charge is 0.338 e. The van der Waals surface area contributed by atoms with Gasteiger partial charge in [-0.3, -0.25) is 24.5 Å². The second kappa shape index (κ2) is 11.0. The van der Waals surface area contributed by atoms with Gasteiger partial charge in [0.25, 0.3) is 11.6 Å². The maximum absolute atomic E-state index is 12.4. The van der Waals surface area contributed by atoms with Crippen LogP contribution in [-0.4, -0.2) is 48.4 Å². The van der Waals surface area contributed by atoms with Gasteiger partial charge in [0, 0.05) is 36.5 Å². The van der Waals surface area contributed by atoms with Gasteiger partial charge >= 0.3 is 11.9 Å². The van der Waals surface area contributed by atoms with E-state index in [4.69, 9.17) is 9.47 Å². The molecule has 2 amide bonds. The molecule has 11 nitrogen and oxygen atoms in total. The first-order chi connectivity index (χ1) is 16.3. The fourth-order valence-corrected chi connectivity index (χ4v) is 3.32. The van der Waals surface area contributed by atoms with Crippen LogP contribution in [0.15, 0.2) is 48.5 Å². The van der Waals surface area contributed by atoms with E-state index in [2.05, 4.69) is 5.32 Å². The molecule has 1 N–H and O–H groups in total. The van der Waals surface area contributed by atoms with Crippen LogP contribution in [-0.2, 0) is 23.9 Å².